The predicted octanol–water partition coefficient (Wildman–Crippen LogP) is 2.57. The van der Waals surface area contributed by atoms with Crippen molar-refractivity contribution in [2.45, 2.75) is 6.92 Å². The Hall–Kier alpha value is -4.34. The SMILES string of the molecule is Cc1cc(NC(=O)c2ccc3c(c2)C(=O)N(C)C3=O)n(-c2ccc([N+](=O)[O-])cc2)n1. The van der Waals surface area contributed by atoms with Gasteiger partial charge in [0.05, 0.1) is 27.4 Å². The first kappa shape index (κ1) is 19.0. The van der Waals surface area contributed by atoms with E-state index < -0.39 is 22.6 Å². The van der Waals surface area contributed by atoms with Gasteiger partial charge in [-0.05, 0) is 37.3 Å². The quantitative estimate of drug-likeness (QED) is 0.404. The van der Waals surface area contributed by atoms with Crippen LogP contribution in [0.25, 0.3) is 5.69 Å². The molecular weight excluding hydrogens is 390 g/mol. The van der Waals surface area contributed by atoms with Gasteiger partial charge in [-0.15, -0.1) is 0 Å². The molecule has 150 valence electrons. The Morgan fingerprint density at radius 1 is 1.03 bits per heavy atom. The number of nitro groups is 1. The highest BCUT2D eigenvalue weighted by molar-refractivity contribution is 6.22. The van der Waals surface area contributed by atoms with Gasteiger partial charge in [0, 0.05) is 30.8 Å². The largest absolute Gasteiger partial charge is 0.306 e. The predicted molar refractivity (Wildman–Crippen MR) is 106 cm³/mol. The maximum absolute atomic E-state index is 12.8. The number of nitrogens with zero attached hydrogens (tertiary/aromatic N) is 4. The van der Waals surface area contributed by atoms with Gasteiger partial charge in [0.25, 0.3) is 23.4 Å². The van der Waals surface area contributed by atoms with Gasteiger partial charge in [0.2, 0.25) is 0 Å². The lowest BCUT2D eigenvalue weighted by molar-refractivity contribution is -0.384. The summed E-state index contributed by atoms with van der Waals surface area (Å²) in [4.78, 5) is 48.3. The third-order valence-electron chi connectivity index (χ3n) is 4.73. The number of carbonyl (C=O) groups excluding carboxylic acids is 3. The second-order valence-electron chi connectivity index (χ2n) is 6.74. The molecule has 0 atom stereocenters. The molecule has 2 aromatic carbocycles. The molecule has 3 amide bonds. The van der Waals surface area contributed by atoms with E-state index in [9.17, 15) is 24.5 Å². The third-order valence-corrected chi connectivity index (χ3v) is 4.73. The highest BCUT2D eigenvalue weighted by Gasteiger charge is 2.33. The Bertz CT molecular complexity index is 1230. The fraction of sp³-hybridized carbons (Fsp3) is 0.100. The van der Waals surface area contributed by atoms with Crippen LogP contribution in [0.4, 0.5) is 11.5 Å². The zero-order valence-electron chi connectivity index (χ0n) is 15.9. The van der Waals surface area contributed by atoms with Gasteiger partial charge in [-0.2, -0.15) is 5.10 Å². The van der Waals surface area contributed by atoms with Crippen LogP contribution in [0.15, 0.2) is 48.5 Å². The van der Waals surface area contributed by atoms with Crippen LogP contribution in [0, 0.1) is 17.0 Å². The van der Waals surface area contributed by atoms with E-state index in [1.165, 1.54) is 54.2 Å². The van der Waals surface area contributed by atoms with Gasteiger partial charge >= 0.3 is 0 Å². The maximum Gasteiger partial charge on any atom is 0.269 e. The summed E-state index contributed by atoms with van der Waals surface area (Å²) in [7, 11) is 1.38. The molecule has 1 aliphatic heterocycles. The lowest BCUT2D eigenvalue weighted by Gasteiger charge is -2.09. The molecule has 0 unspecified atom stereocenters. The van der Waals surface area contributed by atoms with Crippen molar-refractivity contribution in [1.82, 2.24) is 14.7 Å². The number of carbonyl (C=O) groups is 3. The van der Waals surface area contributed by atoms with Gasteiger partial charge in [-0.25, -0.2) is 4.68 Å². The average molecular weight is 405 g/mol. The molecule has 0 radical (unpaired) electrons. The van der Waals surface area contributed by atoms with Crippen LogP contribution in [0.5, 0.6) is 0 Å². The summed E-state index contributed by atoms with van der Waals surface area (Å²) in [5, 5.41) is 17.9. The molecule has 0 aliphatic carbocycles. The fourth-order valence-electron chi connectivity index (χ4n) is 3.19. The van der Waals surface area contributed by atoms with E-state index in [1.807, 2.05) is 0 Å². The van der Waals surface area contributed by atoms with Crippen LogP contribution in [0.3, 0.4) is 0 Å². The van der Waals surface area contributed by atoms with E-state index in [0.717, 1.165) is 4.90 Å². The van der Waals surface area contributed by atoms with Crippen molar-refractivity contribution in [2.75, 3.05) is 12.4 Å². The summed E-state index contributed by atoms with van der Waals surface area (Å²) in [6.07, 6.45) is 0. The smallest absolute Gasteiger partial charge is 0.269 e. The molecule has 1 aromatic heterocycles. The van der Waals surface area contributed by atoms with Crippen molar-refractivity contribution in [2.24, 2.45) is 0 Å². The van der Waals surface area contributed by atoms with E-state index >= 15 is 0 Å². The Balaban J connectivity index is 1.63. The lowest BCUT2D eigenvalue weighted by Crippen LogP contribution is -2.24. The van der Waals surface area contributed by atoms with Crippen LogP contribution in [-0.2, 0) is 0 Å². The molecule has 2 heterocycles. The van der Waals surface area contributed by atoms with Crippen molar-refractivity contribution < 1.29 is 19.3 Å². The second kappa shape index (κ2) is 6.92. The number of hydrogen-bond donors (Lipinski definition) is 1. The minimum Gasteiger partial charge on any atom is -0.306 e. The summed E-state index contributed by atoms with van der Waals surface area (Å²) in [6.45, 7) is 1.74. The topological polar surface area (TPSA) is 127 Å². The third kappa shape index (κ3) is 3.09. The van der Waals surface area contributed by atoms with Gasteiger partial charge in [-0.3, -0.25) is 29.4 Å². The standard InChI is InChI=1S/C20H15N5O5/c1-11-9-17(24(22-11)13-4-6-14(7-5-13)25(29)30)21-18(26)12-3-8-15-16(10-12)20(28)23(2)19(15)27/h3-10H,1-2H3,(H,21,26). The van der Waals surface area contributed by atoms with Crippen molar-refractivity contribution in [3.63, 3.8) is 0 Å². The van der Waals surface area contributed by atoms with E-state index in [2.05, 4.69) is 10.4 Å². The number of hydrogen-bond acceptors (Lipinski definition) is 6. The number of fused-ring (bicyclic) bond motifs is 1. The maximum atomic E-state index is 12.8. The van der Waals surface area contributed by atoms with Crippen molar-refractivity contribution in [3.8, 4) is 5.69 Å². The number of rotatable bonds is 4. The molecule has 0 bridgehead atoms. The Morgan fingerprint density at radius 3 is 2.37 bits per heavy atom. The molecule has 0 spiro atoms. The van der Waals surface area contributed by atoms with Crippen LogP contribution in [0.2, 0.25) is 0 Å². The molecule has 1 aliphatic rings. The number of aromatic nitrogens is 2. The first-order valence-corrected chi connectivity index (χ1v) is 8.85. The Labute approximate surface area is 169 Å². The highest BCUT2D eigenvalue weighted by atomic mass is 16.6. The number of amides is 3. The number of nitro benzene ring substituents is 1. The number of aryl methyl sites for hydroxylation is 1. The molecule has 30 heavy (non-hydrogen) atoms. The number of non-ortho nitro benzene ring substituents is 1. The lowest BCUT2D eigenvalue weighted by atomic mass is 10.1. The highest BCUT2D eigenvalue weighted by Crippen LogP contribution is 2.24. The van der Waals surface area contributed by atoms with Gasteiger partial charge in [0.1, 0.15) is 5.82 Å². The van der Waals surface area contributed by atoms with Gasteiger partial charge in [-0.1, -0.05) is 0 Å². The van der Waals surface area contributed by atoms with Gasteiger partial charge < -0.3 is 5.32 Å². The summed E-state index contributed by atoms with van der Waals surface area (Å²) in [5.74, 6) is -1.01. The fourth-order valence-corrected chi connectivity index (χ4v) is 3.19. The zero-order chi connectivity index (χ0) is 21.6. The van der Waals surface area contributed by atoms with E-state index in [4.69, 9.17) is 0 Å². The van der Waals surface area contributed by atoms with E-state index in [1.54, 1.807) is 13.0 Å². The van der Waals surface area contributed by atoms with Crippen LogP contribution in [-0.4, -0.2) is 44.4 Å². The molecule has 0 saturated heterocycles. The number of nitrogens with one attached hydrogen (secondary N) is 1. The first-order chi connectivity index (χ1) is 14.3. The number of imide groups is 1. The summed E-state index contributed by atoms with van der Waals surface area (Å²) >= 11 is 0. The molecular formula is C20H15N5O5. The minimum absolute atomic E-state index is 0.0597. The first-order valence-electron chi connectivity index (χ1n) is 8.85. The van der Waals surface area contributed by atoms with Gasteiger partial charge in [0.15, 0.2) is 0 Å². The minimum atomic E-state index is -0.502. The van der Waals surface area contributed by atoms with Crippen molar-refractivity contribution >= 4 is 29.2 Å². The molecule has 10 nitrogen and oxygen atoms in total. The summed E-state index contributed by atoms with van der Waals surface area (Å²) in [6, 6.07) is 11.7. The summed E-state index contributed by atoms with van der Waals surface area (Å²) in [5.41, 5.74) is 1.73. The number of anilines is 1. The molecule has 1 N–H and O–H groups in total. The zero-order valence-corrected chi connectivity index (χ0v) is 15.9. The summed E-state index contributed by atoms with van der Waals surface area (Å²) < 4.78 is 1.45. The molecule has 0 saturated carbocycles. The van der Waals surface area contributed by atoms with E-state index in [0.29, 0.717) is 17.2 Å². The molecule has 10 heteroatoms. The molecule has 0 fully saturated rings. The van der Waals surface area contributed by atoms with Crippen LogP contribution < -0.4 is 5.32 Å². The average Bonchev–Trinajstić information content (AvgIpc) is 3.20. The molecule has 3 aromatic rings. The van der Waals surface area contributed by atoms with E-state index in [-0.39, 0.29) is 22.4 Å². The Kier molecular flexibility index (Phi) is 4.38. The monoisotopic (exact) mass is 405 g/mol. The number of benzene rings is 2. The van der Waals surface area contributed by atoms with Crippen LogP contribution in [0.1, 0.15) is 36.8 Å². The van der Waals surface area contributed by atoms with Crippen LogP contribution >= 0.6 is 0 Å². The van der Waals surface area contributed by atoms with Crippen molar-refractivity contribution in [1.29, 1.82) is 0 Å². The van der Waals surface area contributed by atoms with Crippen molar-refractivity contribution in [3.05, 3.63) is 81.0 Å². The Morgan fingerprint density at radius 2 is 1.70 bits per heavy atom. The normalized spacial score (nSPS) is 12.8. The second-order valence-corrected chi connectivity index (χ2v) is 6.74. The molecule has 4 rings (SSSR count).